The molecule has 3 heterocycles. The summed E-state index contributed by atoms with van der Waals surface area (Å²) in [5.41, 5.74) is -1.19. The highest BCUT2D eigenvalue weighted by atomic mass is 16.6. The van der Waals surface area contributed by atoms with Gasteiger partial charge >= 0.3 is 0 Å². The second-order valence-electron chi connectivity index (χ2n) is 5.14. The van der Waals surface area contributed by atoms with Crippen molar-refractivity contribution in [3.05, 3.63) is 24.5 Å². The smallest absolute Gasteiger partial charge is 0.245 e. The summed E-state index contributed by atoms with van der Waals surface area (Å²) in [6.45, 7) is 7.52. The van der Waals surface area contributed by atoms with Crippen molar-refractivity contribution in [2.45, 2.75) is 31.8 Å². The number of aryl methyl sites for hydroxylation is 1. The van der Waals surface area contributed by atoms with Gasteiger partial charge in [0, 0.05) is 0 Å². The molecule has 120 valence electrons. The van der Waals surface area contributed by atoms with Gasteiger partial charge in [-0.05, 0) is 13.8 Å². The quantitative estimate of drug-likeness (QED) is 0.785. The second-order valence-corrected chi connectivity index (χ2v) is 5.14. The Morgan fingerprint density at radius 1 is 1.57 bits per heavy atom. The predicted molar refractivity (Wildman–Crippen MR) is 80.3 cm³/mol. The van der Waals surface area contributed by atoms with Crippen LogP contribution in [-0.2, 0) is 4.74 Å². The number of aromatic nitrogens is 4. The summed E-state index contributed by atoms with van der Waals surface area (Å²) in [7, 11) is 0. The predicted octanol–water partition coefficient (Wildman–Crippen LogP) is 0.301. The van der Waals surface area contributed by atoms with Gasteiger partial charge < -0.3 is 19.7 Å². The minimum atomic E-state index is -1.98. The third kappa shape index (κ3) is 2.13. The molecule has 0 unspecified atom stereocenters. The van der Waals surface area contributed by atoms with Crippen molar-refractivity contribution in [2.24, 2.45) is 0 Å². The lowest BCUT2D eigenvalue weighted by Crippen LogP contribution is -2.43. The van der Waals surface area contributed by atoms with E-state index in [4.69, 9.17) is 15.9 Å². The Labute approximate surface area is 132 Å². The number of hydrogen-bond donors (Lipinski definition) is 2. The summed E-state index contributed by atoms with van der Waals surface area (Å²) in [6.07, 6.45) is 4.28. The molecule has 0 spiro atoms. The van der Waals surface area contributed by atoms with E-state index in [9.17, 15) is 10.2 Å². The van der Waals surface area contributed by atoms with Crippen LogP contribution < -0.4 is 4.74 Å². The molecule has 8 nitrogen and oxygen atoms in total. The normalized spacial score (nSPS) is 27.0. The van der Waals surface area contributed by atoms with E-state index in [1.807, 2.05) is 6.92 Å². The van der Waals surface area contributed by atoms with E-state index < -0.39 is 17.9 Å². The first-order valence-corrected chi connectivity index (χ1v) is 7.00. The zero-order valence-corrected chi connectivity index (χ0v) is 12.7. The van der Waals surface area contributed by atoms with Crippen molar-refractivity contribution in [1.82, 2.24) is 19.5 Å². The van der Waals surface area contributed by atoms with Crippen LogP contribution in [0.15, 0.2) is 18.7 Å². The van der Waals surface area contributed by atoms with Gasteiger partial charge in [0.15, 0.2) is 17.3 Å². The Kier molecular flexibility index (Phi) is 3.47. The van der Waals surface area contributed by atoms with Gasteiger partial charge in [0.25, 0.3) is 0 Å². The number of fused-ring (bicyclic) bond motifs is 1. The fourth-order valence-electron chi connectivity index (χ4n) is 2.50. The first-order chi connectivity index (χ1) is 10.9. The minimum absolute atomic E-state index is 0.0203. The highest BCUT2D eigenvalue weighted by Crippen LogP contribution is 2.41. The summed E-state index contributed by atoms with van der Waals surface area (Å²) >= 11 is 0. The van der Waals surface area contributed by atoms with Gasteiger partial charge in [-0.15, -0.1) is 6.42 Å². The number of imidazole rings is 1. The summed E-state index contributed by atoms with van der Waals surface area (Å²) in [5.74, 6) is 2.95. The van der Waals surface area contributed by atoms with Gasteiger partial charge in [0.1, 0.15) is 17.9 Å². The number of nitrogens with zero attached hydrogens (tertiary/aromatic N) is 4. The van der Waals surface area contributed by atoms with E-state index >= 15 is 0 Å². The molecule has 0 radical (unpaired) electrons. The summed E-state index contributed by atoms with van der Waals surface area (Å²) in [6, 6.07) is 0. The van der Waals surface area contributed by atoms with Crippen LogP contribution in [0.25, 0.3) is 11.2 Å². The van der Waals surface area contributed by atoms with Crippen LogP contribution in [0.4, 0.5) is 0 Å². The largest absolute Gasteiger partial charge is 0.476 e. The first-order valence-electron chi connectivity index (χ1n) is 7.00. The molecule has 0 bridgehead atoms. The zero-order chi connectivity index (χ0) is 16.8. The Morgan fingerprint density at radius 3 is 2.96 bits per heavy atom. The van der Waals surface area contributed by atoms with E-state index in [-0.39, 0.29) is 5.76 Å². The number of hydrogen-bond acceptors (Lipinski definition) is 7. The summed E-state index contributed by atoms with van der Waals surface area (Å²) in [5, 5.41) is 20.6. The third-order valence-electron chi connectivity index (χ3n) is 3.63. The number of rotatable bonds is 3. The molecule has 23 heavy (non-hydrogen) atoms. The Morgan fingerprint density at radius 2 is 2.30 bits per heavy atom. The lowest BCUT2D eigenvalue weighted by molar-refractivity contribution is -0.0630. The summed E-state index contributed by atoms with van der Waals surface area (Å²) in [4.78, 5) is 12.7. The molecule has 1 saturated heterocycles. The minimum Gasteiger partial charge on any atom is -0.476 e. The van der Waals surface area contributed by atoms with E-state index in [1.54, 1.807) is 6.92 Å². The number of terminal acetylenes is 1. The van der Waals surface area contributed by atoms with Gasteiger partial charge in [-0.1, -0.05) is 12.5 Å². The molecule has 0 saturated carbocycles. The number of aliphatic hydroxyl groups excluding tert-OH is 1. The number of ether oxygens (including phenoxy) is 2. The average molecular weight is 316 g/mol. The molecular weight excluding hydrogens is 300 g/mol. The molecule has 1 aliphatic rings. The van der Waals surface area contributed by atoms with Crippen LogP contribution in [0.5, 0.6) is 5.88 Å². The molecule has 0 amide bonds. The SMILES string of the molecule is C#C[C@@]1(O)[C@H](O)C(=C)O[C@H]1n1cnc2c(OCC)nc(C)nc21. The van der Waals surface area contributed by atoms with Crippen molar-refractivity contribution in [3.63, 3.8) is 0 Å². The number of aliphatic hydroxyl groups is 2. The standard InChI is InChI=1S/C15H16N4O4/c1-5-15(21)11(20)8(3)23-14(15)19-7-16-10-12(19)17-9(4)18-13(10)22-6-2/h1,7,11,14,20-21H,3,6H2,2,4H3/t11-,14-,15-/m1/s1. The van der Waals surface area contributed by atoms with Crippen LogP contribution in [0.3, 0.4) is 0 Å². The van der Waals surface area contributed by atoms with Gasteiger partial charge in [-0.3, -0.25) is 4.57 Å². The van der Waals surface area contributed by atoms with E-state index in [1.165, 1.54) is 10.9 Å². The topological polar surface area (TPSA) is 103 Å². The molecule has 3 rings (SSSR count). The molecule has 3 atom stereocenters. The highest BCUT2D eigenvalue weighted by Gasteiger charge is 2.54. The maximum Gasteiger partial charge on any atom is 0.245 e. The van der Waals surface area contributed by atoms with Crippen LogP contribution in [0, 0.1) is 19.3 Å². The fourth-order valence-corrected chi connectivity index (χ4v) is 2.50. The van der Waals surface area contributed by atoms with Gasteiger partial charge in [0.05, 0.1) is 6.61 Å². The monoisotopic (exact) mass is 316 g/mol. The lowest BCUT2D eigenvalue weighted by Gasteiger charge is -2.24. The molecule has 2 aromatic rings. The fraction of sp³-hybridized carbons (Fsp3) is 0.400. The van der Waals surface area contributed by atoms with Crippen LogP contribution in [-0.4, -0.2) is 48.0 Å². The van der Waals surface area contributed by atoms with Crippen molar-refractivity contribution >= 4 is 11.2 Å². The first kappa shape index (κ1) is 15.3. The maximum absolute atomic E-state index is 10.6. The molecule has 2 N–H and O–H groups in total. The molecule has 1 fully saturated rings. The molecule has 2 aromatic heterocycles. The maximum atomic E-state index is 10.6. The molecular formula is C15H16N4O4. The van der Waals surface area contributed by atoms with Gasteiger partial charge in [-0.25, -0.2) is 9.97 Å². The van der Waals surface area contributed by atoms with E-state index in [0.717, 1.165) is 0 Å². The Hall–Kier alpha value is -2.63. The summed E-state index contributed by atoms with van der Waals surface area (Å²) < 4.78 is 12.4. The van der Waals surface area contributed by atoms with Crippen LogP contribution in [0.2, 0.25) is 0 Å². The van der Waals surface area contributed by atoms with Crippen molar-refractivity contribution in [3.8, 4) is 18.2 Å². The average Bonchev–Trinajstić information content (AvgIpc) is 3.03. The Balaban J connectivity index is 2.18. The Bertz CT molecular complexity index is 825. The van der Waals surface area contributed by atoms with Crippen molar-refractivity contribution in [1.29, 1.82) is 0 Å². The van der Waals surface area contributed by atoms with Crippen molar-refractivity contribution in [2.75, 3.05) is 6.61 Å². The van der Waals surface area contributed by atoms with E-state index in [2.05, 4.69) is 27.5 Å². The van der Waals surface area contributed by atoms with Gasteiger partial charge in [-0.2, -0.15) is 4.98 Å². The van der Waals surface area contributed by atoms with Gasteiger partial charge in [0.2, 0.25) is 17.7 Å². The van der Waals surface area contributed by atoms with Crippen molar-refractivity contribution < 1.29 is 19.7 Å². The molecule has 0 aromatic carbocycles. The van der Waals surface area contributed by atoms with Crippen LogP contribution >= 0.6 is 0 Å². The second kappa shape index (κ2) is 5.22. The molecule has 8 heteroatoms. The van der Waals surface area contributed by atoms with Crippen LogP contribution in [0.1, 0.15) is 19.0 Å². The third-order valence-corrected chi connectivity index (χ3v) is 3.63. The highest BCUT2D eigenvalue weighted by molar-refractivity contribution is 5.76. The zero-order valence-electron chi connectivity index (χ0n) is 12.7. The molecule has 1 aliphatic heterocycles. The molecule has 0 aliphatic carbocycles. The van der Waals surface area contributed by atoms with E-state index in [0.29, 0.717) is 29.5 Å². The lowest BCUT2D eigenvalue weighted by atomic mass is 9.97.